The van der Waals surface area contributed by atoms with Crippen molar-refractivity contribution >= 4 is 17.5 Å². The van der Waals surface area contributed by atoms with Crippen LogP contribution in [0.5, 0.6) is 0 Å². The fourth-order valence-corrected chi connectivity index (χ4v) is 1.58. The number of anilines is 1. The monoisotopic (exact) mass is 278 g/mol. The van der Waals surface area contributed by atoms with Crippen molar-refractivity contribution in [2.75, 3.05) is 18.4 Å². The number of pyridine rings is 1. The van der Waals surface area contributed by atoms with Crippen LogP contribution in [0.15, 0.2) is 18.3 Å². The highest BCUT2D eigenvalue weighted by Gasteiger charge is 2.15. The zero-order chi connectivity index (χ0) is 15.2. The Bertz CT molecular complexity index is 480. The Morgan fingerprint density at radius 3 is 2.60 bits per heavy atom. The molecule has 1 aromatic heterocycles. The fourth-order valence-electron chi connectivity index (χ4n) is 1.58. The number of amides is 2. The maximum atomic E-state index is 11.9. The number of carbonyl (C=O) groups excluding carboxylic acids is 2. The number of nitrogens with one attached hydrogen (secondary N) is 3. The predicted molar refractivity (Wildman–Crippen MR) is 78.6 cm³/mol. The molecule has 6 nitrogen and oxygen atoms in total. The van der Waals surface area contributed by atoms with E-state index in [1.54, 1.807) is 18.3 Å². The number of hydrogen-bond acceptors (Lipinski definition) is 4. The summed E-state index contributed by atoms with van der Waals surface area (Å²) in [6.45, 7) is 8.32. The Labute approximate surface area is 119 Å². The lowest BCUT2D eigenvalue weighted by Crippen LogP contribution is -2.45. The van der Waals surface area contributed by atoms with Gasteiger partial charge in [0.25, 0.3) is 5.91 Å². The fraction of sp³-hybridized carbons (Fsp3) is 0.500. The summed E-state index contributed by atoms with van der Waals surface area (Å²) in [4.78, 5) is 27.5. The van der Waals surface area contributed by atoms with Crippen molar-refractivity contribution in [2.24, 2.45) is 0 Å². The largest absolute Gasteiger partial charge is 0.385 e. The zero-order valence-corrected chi connectivity index (χ0v) is 12.4. The summed E-state index contributed by atoms with van der Waals surface area (Å²) in [5.74, 6) is -0.595. The first kappa shape index (κ1) is 15.9. The third-order valence-corrected chi connectivity index (χ3v) is 2.30. The molecule has 0 fully saturated rings. The van der Waals surface area contributed by atoms with Crippen molar-refractivity contribution in [2.45, 2.75) is 33.2 Å². The lowest BCUT2D eigenvalue weighted by atomic mass is 10.1. The van der Waals surface area contributed by atoms with E-state index in [0.717, 1.165) is 12.2 Å². The van der Waals surface area contributed by atoms with Crippen molar-refractivity contribution in [3.05, 3.63) is 24.0 Å². The highest BCUT2D eigenvalue weighted by atomic mass is 16.2. The topological polar surface area (TPSA) is 83.1 Å². The molecule has 20 heavy (non-hydrogen) atoms. The van der Waals surface area contributed by atoms with E-state index in [4.69, 9.17) is 0 Å². The molecule has 0 spiro atoms. The summed E-state index contributed by atoms with van der Waals surface area (Å²) in [6.07, 6.45) is 1.56. The third kappa shape index (κ3) is 5.69. The van der Waals surface area contributed by atoms with Crippen LogP contribution in [-0.2, 0) is 4.79 Å². The van der Waals surface area contributed by atoms with E-state index in [1.807, 2.05) is 27.7 Å². The second kappa shape index (κ2) is 6.88. The van der Waals surface area contributed by atoms with E-state index in [1.165, 1.54) is 0 Å². The first-order valence-corrected chi connectivity index (χ1v) is 6.61. The third-order valence-electron chi connectivity index (χ3n) is 2.30. The molecule has 0 aliphatic carbocycles. The number of hydrogen-bond donors (Lipinski definition) is 3. The van der Waals surface area contributed by atoms with Crippen LogP contribution in [-0.4, -0.2) is 35.4 Å². The highest BCUT2D eigenvalue weighted by molar-refractivity contribution is 5.95. The van der Waals surface area contributed by atoms with Crippen LogP contribution in [0, 0.1) is 0 Å². The van der Waals surface area contributed by atoms with E-state index in [-0.39, 0.29) is 29.6 Å². The molecule has 0 aliphatic rings. The molecule has 110 valence electrons. The molecule has 1 rings (SSSR count). The molecule has 0 atom stereocenters. The van der Waals surface area contributed by atoms with Crippen LogP contribution in [0.1, 0.15) is 38.2 Å². The summed E-state index contributed by atoms with van der Waals surface area (Å²) < 4.78 is 0. The quantitative estimate of drug-likeness (QED) is 0.754. The van der Waals surface area contributed by atoms with Gasteiger partial charge in [-0.15, -0.1) is 0 Å². The average molecular weight is 278 g/mol. The molecule has 0 radical (unpaired) electrons. The van der Waals surface area contributed by atoms with Gasteiger partial charge in [0.15, 0.2) is 0 Å². The second-order valence-corrected chi connectivity index (χ2v) is 5.44. The Hall–Kier alpha value is -2.11. The Balaban J connectivity index is 2.54. The molecule has 2 amide bonds. The lowest BCUT2D eigenvalue weighted by molar-refractivity contribution is -0.121. The SMILES string of the molecule is CCNc1ccnc(C(=O)NCC(=O)NC(C)(C)C)c1. The van der Waals surface area contributed by atoms with E-state index < -0.39 is 0 Å². The van der Waals surface area contributed by atoms with E-state index in [0.29, 0.717) is 0 Å². The van der Waals surface area contributed by atoms with Crippen LogP contribution < -0.4 is 16.0 Å². The highest BCUT2D eigenvalue weighted by Crippen LogP contribution is 2.07. The summed E-state index contributed by atoms with van der Waals surface area (Å²) in [5, 5.41) is 8.42. The molecular formula is C14H22N4O2. The molecule has 0 aromatic carbocycles. The van der Waals surface area contributed by atoms with Crippen LogP contribution in [0.2, 0.25) is 0 Å². The average Bonchev–Trinajstić information content (AvgIpc) is 2.34. The normalized spacial score (nSPS) is 10.8. The maximum absolute atomic E-state index is 11.9. The molecule has 0 saturated carbocycles. The minimum Gasteiger partial charge on any atom is -0.385 e. The van der Waals surface area contributed by atoms with Gasteiger partial charge in [-0.1, -0.05) is 0 Å². The minimum absolute atomic E-state index is 0.0663. The van der Waals surface area contributed by atoms with Crippen molar-refractivity contribution in [3.8, 4) is 0 Å². The summed E-state index contributed by atoms with van der Waals surface area (Å²) >= 11 is 0. The van der Waals surface area contributed by atoms with Crippen molar-refractivity contribution in [3.63, 3.8) is 0 Å². The standard InChI is InChI=1S/C14H22N4O2/c1-5-15-10-6-7-16-11(8-10)13(20)17-9-12(19)18-14(2,3)4/h6-8H,5,9H2,1-4H3,(H,15,16)(H,17,20)(H,18,19). The van der Waals surface area contributed by atoms with Gasteiger partial charge in [0.2, 0.25) is 5.91 Å². The molecule has 0 unspecified atom stereocenters. The van der Waals surface area contributed by atoms with Gasteiger partial charge in [-0.3, -0.25) is 14.6 Å². The Morgan fingerprint density at radius 2 is 2.00 bits per heavy atom. The van der Waals surface area contributed by atoms with Crippen LogP contribution in [0.3, 0.4) is 0 Å². The first-order chi connectivity index (χ1) is 9.31. The van der Waals surface area contributed by atoms with Gasteiger partial charge in [0, 0.05) is 24.0 Å². The van der Waals surface area contributed by atoms with Crippen molar-refractivity contribution < 1.29 is 9.59 Å². The number of aromatic nitrogens is 1. The second-order valence-electron chi connectivity index (χ2n) is 5.44. The van der Waals surface area contributed by atoms with E-state index in [9.17, 15) is 9.59 Å². The van der Waals surface area contributed by atoms with Crippen LogP contribution in [0.25, 0.3) is 0 Å². The summed E-state index contributed by atoms with van der Waals surface area (Å²) in [6, 6.07) is 3.44. The lowest BCUT2D eigenvalue weighted by Gasteiger charge is -2.20. The molecule has 3 N–H and O–H groups in total. The van der Waals surface area contributed by atoms with Gasteiger partial charge in [0.05, 0.1) is 6.54 Å². The molecular weight excluding hydrogens is 256 g/mol. The zero-order valence-electron chi connectivity index (χ0n) is 12.4. The van der Waals surface area contributed by atoms with Gasteiger partial charge in [-0.2, -0.15) is 0 Å². The van der Waals surface area contributed by atoms with Gasteiger partial charge < -0.3 is 16.0 Å². The van der Waals surface area contributed by atoms with Crippen LogP contribution >= 0.6 is 0 Å². The van der Waals surface area contributed by atoms with Gasteiger partial charge in [0.1, 0.15) is 5.69 Å². The van der Waals surface area contributed by atoms with Gasteiger partial charge in [-0.25, -0.2) is 0 Å². The molecule has 0 bridgehead atoms. The summed E-state index contributed by atoms with van der Waals surface area (Å²) in [7, 11) is 0. The predicted octanol–water partition coefficient (Wildman–Crippen LogP) is 1.16. The minimum atomic E-state index is -0.367. The van der Waals surface area contributed by atoms with E-state index in [2.05, 4.69) is 20.9 Å². The number of rotatable bonds is 5. The smallest absolute Gasteiger partial charge is 0.270 e. The molecule has 1 heterocycles. The van der Waals surface area contributed by atoms with Gasteiger partial charge in [-0.05, 0) is 39.8 Å². The molecule has 0 aliphatic heterocycles. The van der Waals surface area contributed by atoms with Crippen molar-refractivity contribution in [1.82, 2.24) is 15.6 Å². The Morgan fingerprint density at radius 1 is 1.30 bits per heavy atom. The number of nitrogens with zero attached hydrogens (tertiary/aromatic N) is 1. The van der Waals surface area contributed by atoms with E-state index >= 15 is 0 Å². The van der Waals surface area contributed by atoms with Gasteiger partial charge >= 0.3 is 0 Å². The van der Waals surface area contributed by atoms with Crippen LogP contribution in [0.4, 0.5) is 5.69 Å². The molecule has 0 saturated heterocycles. The Kier molecular flexibility index (Phi) is 5.49. The molecule has 6 heteroatoms. The summed E-state index contributed by atoms with van der Waals surface area (Å²) in [5.41, 5.74) is 0.796. The number of carbonyl (C=O) groups is 2. The van der Waals surface area contributed by atoms with Crippen molar-refractivity contribution in [1.29, 1.82) is 0 Å². The first-order valence-electron chi connectivity index (χ1n) is 6.61. The maximum Gasteiger partial charge on any atom is 0.270 e. The molecule has 1 aromatic rings.